The number of carbonyl (C=O) groups excluding carboxylic acids is 2. The highest BCUT2D eigenvalue weighted by Gasteiger charge is 2.56. The minimum Gasteiger partial charge on any atom is -0.376 e. The molecule has 0 unspecified atom stereocenters. The van der Waals surface area contributed by atoms with Crippen LogP contribution in [0.15, 0.2) is 0 Å². The average Bonchev–Trinajstić information content (AvgIpc) is 3.26. The first kappa shape index (κ1) is 16.8. The molecule has 0 bridgehead atoms. The van der Waals surface area contributed by atoms with Gasteiger partial charge in [-0.2, -0.15) is 0 Å². The van der Waals surface area contributed by atoms with Crippen LogP contribution < -0.4 is 5.32 Å². The smallest absolute Gasteiger partial charge is 0.253 e. The van der Waals surface area contributed by atoms with E-state index in [0.29, 0.717) is 23.2 Å². The third-order valence-electron chi connectivity index (χ3n) is 6.23. The molecule has 2 saturated heterocycles. The molecule has 4 atom stereocenters. The fourth-order valence-corrected chi connectivity index (χ4v) is 5.01. The number of ether oxygens (including phenoxy) is 1. The average molecular weight is 345 g/mol. The molecule has 0 aromatic carbocycles. The van der Waals surface area contributed by atoms with Crippen LogP contribution in [0.2, 0.25) is 0 Å². The molecule has 3 heterocycles. The third-order valence-corrected chi connectivity index (χ3v) is 6.23. The SMILES string of the molecule is CC(=O)c1[nH]c(C)c(C(=O)N[C@H]2[C@H]3CCO[C@H]3[C@@H]2N2CCCC2)c1C. The number of ketones is 1. The predicted molar refractivity (Wildman–Crippen MR) is 94.0 cm³/mol. The van der Waals surface area contributed by atoms with E-state index in [4.69, 9.17) is 4.74 Å². The van der Waals surface area contributed by atoms with Gasteiger partial charge in [0, 0.05) is 25.1 Å². The molecule has 25 heavy (non-hydrogen) atoms. The maximum Gasteiger partial charge on any atom is 0.253 e. The highest BCUT2D eigenvalue weighted by atomic mass is 16.5. The summed E-state index contributed by atoms with van der Waals surface area (Å²) in [6.45, 7) is 8.21. The van der Waals surface area contributed by atoms with Crippen molar-refractivity contribution in [3.05, 3.63) is 22.5 Å². The van der Waals surface area contributed by atoms with Crippen LogP contribution in [0.3, 0.4) is 0 Å². The third kappa shape index (κ3) is 2.62. The number of carbonyl (C=O) groups is 2. The monoisotopic (exact) mass is 345 g/mol. The minimum atomic E-state index is -0.0710. The number of Topliss-reactive ketones (excluding diaryl/α,β-unsaturated/α-hetero) is 1. The Labute approximate surface area is 148 Å². The molecule has 6 nitrogen and oxygen atoms in total. The molecule has 1 aliphatic carbocycles. The van der Waals surface area contributed by atoms with E-state index < -0.39 is 0 Å². The fourth-order valence-electron chi connectivity index (χ4n) is 5.01. The molecule has 1 amide bonds. The molecule has 2 aliphatic heterocycles. The van der Waals surface area contributed by atoms with Crippen molar-refractivity contribution in [1.82, 2.24) is 15.2 Å². The summed E-state index contributed by atoms with van der Waals surface area (Å²) in [7, 11) is 0. The standard InChI is InChI=1S/C19H27N3O3/c1-10-14(11(2)20-15(10)12(3)23)19(24)21-16-13-6-9-25-18(13)17(16)22-7-4-5-8-22/h13,16-18,20H,4-9H2,1-3H3,(H,21,24)/t13-,16+,17-,18-/m1/s1. The Morgan fingerprint density at radius 1 is 1.24 bits per heavy atom. The van der Waals surface area contributed by atoms with Gasteiger partial charge in [0.05, 0.1) is 29.4 Å². The van der Waals surface area contributed by atoms with Crippen LogP contribution >= 0.6 is 0 Å². The molecule has 0 radical (unpaired) electrons. The van der Waals surface area contributed by atoms with Crippen molar-refractivity contribution in [2.45, 2.75) is 58.2 Å². The lowest BCUT2D eigenvalue weighted by Gasteiger charge is -2.51. The number of amides is 1. The van der Waals surface area contributed by atoms with E-state index in [1.807, 2.05) is 13.8 Å². The zero-order chi connectivity index (χ0) is 17.7. The molecule has 4 rings (SSSR count). The summed E-state index contributed by atoms with van der Waals surface area (Å²) in [5.74, 6) is 0.308. The summed E-state index contributed by atoms with van der Waals surface area (Å²) in [6.07, 6.45) is 3.74. The fraction of sp³-hybridized carbons (Fsp3) is 0.684. The van der Waals surface area contributed by atoms with Crippen molar-refractivity contribution < 1.29 is 14.3 Å². The number of fused-ring (bicyclic) bond motifs is 1. The quantitative estimate of drug-likeness (QED) is 0.816. The lowest BCUT2D eigenvalue weighted by molar-refractivity contribution is -0.0747. The first-order valence-corrected chi connectivity index (χ1v) is 9.35. The molecule has 1 aromatic heterocycles. The van der Waals surface area contributed by atoms with Crippen molar-refractivity contribution in [2.24, 2.45) is 5.92 Å². The minimum absolute atomic E-state index is 0.0394. The molecule has 3 aliphatic rings. The molecule has 6 heteroatoms. The number of hydrogen-bond donors (Lipinski definition) is 2. The number of nitrogens with one attached hydrogen (secondary N) is 2. The van der Waals surface area contributed by atoms with Gasteiger partial charge >= 0.3 is 0 Å². The van der Waals surface area contributed by atoms with Gasteiger partial charge in [-0.3, -0.25) is 14.5 Å². The molecule has 0 spiro atoms. The first-order valence-electron chi connectivity index (χ1n) is 9.35. The number of aromatic amines is 1. The van der Waals surface area contributed by atoms with E-state index >= 15 is 0 Å². The lowest BCUT2D eigenvalue weighted by atomic mass is 9.70. The van der Waals surface area contributed by atoms with Gasteiger partial charge in [0.1, 0.15) is 0 Å². The van der Waals surface area contributed by atoms with E-state index in [-0.39, 0.29) is 23.8 Å². The number of nitrogens with zero attached hydrogens (tertiary/aromatic N) is 1. The topological polar surface area (TPSA) is 74.4 Å². The zero-order valence-electron chi connectivity index (χ0n) is 15.2. The summed E-state index contributed by atoms with van der Waals surface area (Å²) in [5.41, 5.74) is 2.66. The Kier molecular flexibility index (Phi) is 4.20. The van der Waals surface area contributed by atoms with E-state index in [9.17, 15) is 9.59 Å². The van der Waals surface area contributed by atoms with Crippen LogP contribution in [-0.2, 0) is 4.74 Å². The van der Waals surface area contributed by atoms with Crippen molar-refractivity contribution in [2.75, 3.05) is 19.7 Å². The molecule has 2 N–H and O–H groups in total. The summed E-state index contributed by atoms with van der Waals surface area (Å²) in [6, 6.07) is 0.443. The van der Waals surface area contributed by atoms with Crippen molar-refractivity contribution >= 4 is 11.7 Å². The van der Waals surface area contributed by atoms with Gasteiger partial charge in [0.15, 0.2) is 5.78 Å². The van der Waals surface area contributed by atoms with Gasteiger partial charge in [-0.15, -0.1) is 0 Å². The summed E-state index contributed by atoms with van der Waals surface area (Å²) in [4.78, 5) is 30.3. The molecule has 136 valence electrons. The van der Waals surface area contributed by atoms with E-state index in [2.05, 4.69) is 15.2 Å². The normalized spacial score (nSPS) is 31.6. The van der Waals surface area contributed by atoms with Gasteiger partial charge in [-0.05, 0) is 51.8 Å². The first-order chi connectivity index (χ1) is 12.0. The van der Waals surface area contributed by atoms with Gasteiger partial charge in [0.2, 0.25) is 0 Å². The number of aryl methyl sites for hydroxylation is 1. The highest BCUT2D eigenvalue weighted by Crippen LogP contribution is 2.43. The Morgan fingerprint density at radius 3 is 2.60 bits per heavy atom. The van der Waals surface area contributed by atoms with Crippen LogP contribution in [0.25, 0.3) is 0 Å². The maximum absolute atomic E-state index is 13.0. The number of aromatic nitrogens is 1. The Bertz CT molecular complexity index is 700. The van der Waals surface area contributed by atoms with Crippen LogP contribution in [0.4, 0.5) is 0 Å². The molecule has 3 fully saturated rings. The second-order valence-corrected chi connectivity index (χ2v) is 7.70. The predicted octanol–water partition coefficient (Wildman–Crippen LogP) is 1.82. The van der Waals surface area contributed by atoms with Crippen LogP contribution in [0, 0.1) is 19.8 Å². The Morgan fingerprint density at radius 2 is 1.96 bits per heavy atom. The van der Waals surface area contributed by atoms with Crippen LogP contribution in [0.5, 0.6) is 0 Å². The van der Waals surface area contributed by atoms with E-state index in [1.165, 1.54) is 19.8 Å². The largest absolute Gasteiger partial charge is 0.376 e. The maximum atomic E-state index is 13.0. The van der Waals surface area contributed by atoms with Gasteiger partial charge in [-0.25, -0.2) is 0 Å². The second-order valence-electron chi connectivity index (χ2n) is 7.70. The van der Waals surface area contributed by atoms with Gasteiger partial charge < -0.3 is 15.0 Å². The number of hydrogen-bond acceptors (Lipinski definition) is 4. The number of H-pyrrole nitrogens is 1. The second kappa shape index (κ2) is 6.25. The molecular weight excluding hydrogens is 318 g/mol. The summed E-state index contributed by atoms with van der Waals surface area (Å²) in [5, 5.41) is 3.27. The van der Waals surface area contributed by atoms with Crippen molar-refractivity contribution in [1.29, 1.82) is 0 Å². The van der Waals surface area contributed by atoms with Crippen LogP contribution in [-0.4, -0.2) is 59.5 Å². The van der Waals surface area contributed by atoms with E-state index in [1.54, 1.807) is 0 Å². The van der Waals surface area contributed by atoms with Crippen molar-refractivity contribution in [3.8, 4) is 0 Å². The lowest BCUT2D eigenvalue weighted by Crippen LogP contribution is -2.70. The van der Waals surface area contributed by atoms with Crippen LogP contribution in [0.1, 0.15) is 58.3 Å². The highest BCUT2D eigenvalue weighted by molar-refractivity contribution is 6.02. The molecule has 1 saturated carbocycles. The van der Waals surface area contributed by atoms with Crippen molar-refractivity contribution in [3.63, 3.8) is 0 Å². The van der Waals surface area contributed by atoms with Gasteiger partial charge in [-0.1, -0.05) is 0 Å². The summed E-state index contributed by atoms with van der Waals surface area (Å²) < 4.78 is 5.93. The zero-order valence-corrected chi connectivity index (χ0v) is 15.2. The number of likely N-dealkylation sites (tertiary alicyclic amines) is 1. The molecule has 1 aromatic rings. The Hall–Kier alpha value is -1.66. The van der Waals surface area contributed by atoms with E-state index in [0.717, 1.165) is 37.4 Å². The number of rotatable bonds is 4. The van der Waals surface area contributed by atoms with Gasteiger partial charge in [0.25, 0.3) is 5.91 Å². The molecular formula is C19H27N3O3. The Balaban J connectivity index is 1.54. The summed E-state index contributed by atoms with van der Waals surface area (Å²) >= 11 is 0.